The molecule has 0 spiro atoms. The van der Waals surface area contributed by atoms with Crippen LogP contribution >= 0.6 is 0 Å². The first-order chi connectivity index (χ1) is 10.5. The molecule has 2 aliphatic carbocycles. The minimum absolute atomic E-state index is 0.00416. The topological polar surface area (TPSA) is 34.1 Å². The van der Waals surface area contributed by atoms with E-state index in [0.29, 0.717) is 34.6 Å². The molecule has 0 N–H and O–H groups in total. The van der Waals surface area contributed by atoms with Crippen molar-refractivity contribution in [2.24, 2.45) is 11.3 Å². The molecule has 2 nitrogen and oxygen atoms in total. The van der Waals surface area contributed by atoms with Gasteiger partial charge in [0.05, 0.1) is 0 Å². The van der Waals surface area contributed by atoms with Crippen LogP contribution in [-0.4, -0.2) is 11.6 Å². The van der Waals surface area contributed by atoms with E-state index in [1.807, 2.05) is 18.2 Å². The summed E-state index contributed by atoms with van der Waals surface area (Å²) in [4.78, 5) is 25.5. The summed E-state index contributed by atoms with van der Waals surface area (Å²) in [5, 5.41) is 0. The molecule has 1 unspecified atom stereocenters. The molecule has 0 amide bonds. The summed E-state index contributed by atoms with van der Waals surface area (Å²) in [6, 6.07) is 7.17. The summed E-state index contributed by atoms with van der Waals surface area (Å²) in [7, 11) is 0. The molecule has 1 aromatic rings. The van der Waals surface area contributed by atoms with Gasteiger partial charge < -0.3 is 0 Å². The molecule has 22 heavy (non-hydrogen) atoms. The number of hydrogen-bond donors (Lipinski definition) is 0. The van der Waals surface area contributed by atoms with Gasteiger partial charge in [-0.3, -0.25) is 9.59 Å². The first-order valence-corrected chi connectivity index (χ1v) is 8.11. The van der Waals surface area contributed by atoms with Gasteiger partial charge >= 0.3 is 0 Å². The Kier molecular flexibility index (Phi) is 3.64. The molecule has 1 atom stereocenters. The number of allylic oxidation sites excluding steroid dienone is 4. The van der Waals surface area contributed by atoms with Crippen LogP contribution < -0.4 is 0 Å². The maximum Gasteiger partial charge on any atom is 0.194 e. The summed E-state index contributed by atoms with van der Waals surface area (Å²) in [5.41, 5.74) is 2.43. The van der Waals surface area contributed by atoms with Crippen LogP contribution in [0.25, 0.3) is 0 Å². The van der Waals surface area contributed by atoms with Crippen molar-refractivity contribution in [2.45, 2.75) is 40.0 Å². The molecule has 2 aliphatic rings. The summed E-state index contributed by atoms with van der Waals surface area (Å²) in [6.07, 6.45) is 6.89. The number of rotatable bonds is 3. The van der Waals surface area contributed by atoms with E-state index in [2.05, 4.69) is 26.8 Å². The van der Waals surface area contributed by atoms with Gasteiger partial charge in [0.25, 0.3) is 0 Å². The van der Waals surface area contributed by atoms with Gasteiger partial charge in [-0.05, 0) is 24.2 Å². The van der Waals surface area contributed by atoms with Crippen molar-refractivity contribution in [3.8, 4) is 0 Å². The van der Waals surface area contributed by atoms with Gasteiger partial charge in [-0.1, -0.05) is 63.6 Å². The Morgan fingerprint density at radius 1 is 1.09 bits per heavy atom. The number of carbonyl (C=O) groups is 2. The van der Waals surface area contributed by atoms with E-state index in [1.165, 1.54) is 0 Å². The Hall–Kier alpha value is -1.96. The lowest BCUT2D eigenvalue weighted by atomic mass is 9.64. The second-order valence-corrected chi connectivity index (χ2v) is 6.74. The zero-order valence-corrected chi connectivity index (χ0v) is 13.5. The van der Waals surface area contributed by atoms with Crippen LogP contribution in [0.3, 0.4) is 0 Å². The summed E-state index contributed by atoms with van der Waals surface area (Å²) >= 11 is 0. The second kappa shape index (κ2) is 5.35. The van der Waals surface area contributed by atoms with Crippen molar-refractivity contribution in [1.29, 1.82) is 0 Å². The largest absolute Gasteiger partial charge is 0.289 e. The van der Waals surface area contributed by atoms with E-state index < -0.39 is 0 Å². The molecule has 0 fully saturated rings. The highest BCUT2D eigenvalue weighted by Gasteiger charge is 2.40. The van der Waals surface area contributed by atoms with Crippen LogP contribution in [-0.2, 0) is 0 Å². The van der Waals surface area contributed by atoms with Crippen molar-refractivity contribution in [3.63, 3.8) is 0 Å². The van der Waals surface area contributed by atoms with Gasteiger partial charge in [0.2, 0.25) is 0 Å². The van der Waals surface area contributed by atoms with Gasteiger partial charge in [0, 0.05) is 22.3 Å². The van der Waals surface area contributed by atoms with Crippen molar-refractivity contribution in [2.75, 3.05) is 0 Å². The maximum absolute atomic E-state index is 12.9. The minimum atomic E-state index is -0.00435. The Morgan fingerprint density at radius 2 is 1.73 bits per heavy atom. The molecule has 114 valence electrons. The quantitative estimate of drug-likeness (QED) is 0.805. The summed E-state index contributed by atoms with van der Waals surface area (Å²) in [5.74, 6) is 0.476. The first kappa shape index (κ1) is 15.0. The zero-order chi connectivity index (χ0) is 15.9. The lowest BCUT2D eigenvalue weighted by molar-refractivity contribution is 0.0960. The van der Waals surface area contributed by atoms with Crippen LogP contribution in [0.4, 0.5) is 0 Å². The SMILES string of the molecule is CCCC1(C(C)C)C=CC2=C(C1)C(=O)c1ccccc1C2=O. The molecule has 0 bridgehead atoms. The Morgan fingerprint density at radius 3 is 2.32 bits per heavy atom. The molecular weight excluding hydrogens is 272 g/mol. The van der Waals surface area contributed by atoms with Crippen LogP contribution in [0.1, 0.15) is 60.7 Å². The standard InChI is InChI=1S/C20H22O2/c1-4-10-20(13(2)3)11-9-16-17(12-20)19(22)15-8-6-5-7-14(15)18(16)21/h5-9,11,13H,4,10,12H2,1-3H3. The summed E-state index contributed by atoms with van der Waals surface area (Å²) < 4.78 is 0. The average Bonchev–Trinajstić information content (AvgIpc) is 2.52. The lowest BCUT2D eigenvalue weighted by Crippen LogP contribution is -2.33. The van der Waals surface area contributed by atoms with E-state index in [-0.39, 0.29) is 17.0 Å². The third-order valence-corrected chi connectivity index (χ3v) is 5.21. The normalized spacial score (nSPS) is 23.8. The fourth-order valence-electron chi connectivity index (χ4n) is 3.76. The molecule has 0 saturated carbocycles. The third-order valence-electron chi connectivity index (χ3n) is 5.21. The van der Waals surface area contributed by atoms with Gasteiger partial charge in [0.1, 0.15) is 0 Å². The van der Waals surface area contributed by atoms with E-state index in [1.54, 1.807) is 12.1 Å². The Bertz CT molecular complexity index is 706. The van der Waals surface area contributed by atoms with Crippen LogP contribution in [0.5, 0.6) is 0 Å². The molecule has 0 radical (unpaired) electrons. The molecule has 0 saturated heterocycles. The monoisotopic (exact) mass is 294 g/mol. The first-order valence-electron chi connectivity index (χ1n) is 8.11. The van der Waals surface area contributed by atoms with Crippen molar-refractivity contribution in [1.82, 2.24) is 0 Å². The molecule has 0 aliphatic heterocycles. The fourth-order valence-corrected chi connectivity index (χ4v) is 3.76. The number of hydrogen-bond acceptors (Lipinski definition) is 2. The van der Waals surface area contributed by atoms with Crippen LogP contribution in [0, 0.1) is 11.3 Å². The number of carbonyl (C=O) groups excluding carboxylic acids is 2. The van der Waals surface area contributed by atoms with Crippen molar-refractivity contribution < 1.29 is 9.59 Å². The van der Waals surface area contributed by atoms with E-state index in [4.69, 9.17) is 0 Å². The molecule has 3 rings (SSSR count). The molecule has 0 aromatic heterocycles. The predicted octanol–water partition coefficient (Wildman–Crippen LogP) is 4.76. The molecular formula is C20H22O2. The summed E-state index contributed by atoms with van der Waals surface area (Å²) in [6.45, 7) is 6.58. The average molecular weight is 294 g/mol. The van der Waals surface area contributed by atoms with E-state index in [0.717, 1.165) is 12.8 Å². The van der Waals surface area contributed by atoms with E-state index >= 15 is 0 Å². The molecule has 0 heterocycles. The fraction of sp³-hybridized carbons (Fsp3) is 0.400. The number of benzene rings is 1. The van der Waals surface area contributed by atoms with Gasteiger partial charge in [-0.2, -0.15) is 0 Å². The van der Waals surface area contributed by atoms with Gasteiger partial charge in [-0.25, -0.2) is 0 Å². The second-order valence-electron chi connectivity index (χ2n) is 6.74. The van der Waals surface area contributed by atoms with Crippen molar-refractivity contribution in [3.05, 3.63) is 58.7 Å². The minimum Gasteiger partial charge on any atom is -0.289 e. The number of fused-ring (bicyclic) bond motifs is 1. The van der Waals surface area contributed by atoms with Gasteiger partial charge in [-0.15, -0.1) is 0 Å². The number of ketones is 2. The lowest BCUT2D eigenvalue weighted by Gasteiger charge is -2.39. The predicted molar refractivity (Wildman–Crippen MR) is 88.1 cm³/mol. The molecule has 2 heteroatoms. The third kappa shape index (κ3) is 2.09. The molecule has 1 aromatic carbocycles. The Balaban J connectivity index is 2.08. The van der Waals surface area contributed by atoms with Crippen LogP contribution in [0.2, 0.25) is 0 Å². The van der Waals surface area contributed by atoms with Crippen molar-refractivity contribution >= 4 is 11.6 Å². The highest BCUT2D eigenvalue weighted by Crippen LogP contribution is 2.46. The maximum atomic E-state index is 12.9. The number of Topliss-reactive ketones (excluding diaryl/α,β-unsaturated/α-hetero) is 2. The highest BCUT2D eigenvalue weighted by molar-refractivity contribution is 6.28. The smallest absolute Gasteiger partial charge is 0.194 e. The Labute approximate surface area is 131 Å². The van der Waals surface area contributed by atoms with E-state index in [9.17, 15) is 9.59 Å². The van der Waals surface area contributed by atoms with Gasteiger partial charge in [0.15, 0.2) is 11.6 Å². The highest BCUT2D eigenvalue weighted by atomic mass is 16.1. The van der Waals surface area contributed by atoms with Crippen LogP contribution in [0.15, 0.2) is 47.6 Å². The zero-order valence-electron chi connectivity index (χ0n) is 13.5.